The Bertz CT molecular complexity index is 661. The standard InChI is InChI=1S/C15H14N2O4/c18-15(12-8-9-13(21-12)17(19)20)16-14(11-6-7-11)10-4-2-1-3-5-10/h1-5,8-9,11,14H,6-7H2,(H,16,18). The number of carbonyl (C=O) groups excluding carboxylic acids is 1. The summed E-state index contributed by atoms with van der Waals surface area (Å²) >= 11 is 0. The maximum atomic E-state index is 12.2. The highest BCUT2D eigenvalue weighted by molar-refractivity contribution is 5.92. The van der Waals surface area contributed by atoms with Crippen molar-refractivity contribution in [3.05, 3.63) is 63.9 Å². The Morgan fingerprint density at radius 1 is 1.24 bits per heavy atom. The molecule has 108 valence electrons. The van der Waals surface area contributed by atoms with Gasteiger partial charge >= 0.3 is 5.88 Å². The van der Waals surface area contributed by atoms with Crippen LogP contribution in [0.2, 0.25) is 0 Å². The van der Waals surface area contributed by atoms with Gasteiger partial charge in [-0.2, -0.15) is 0 Å². The number of hydrogen-bond acceptors (Lipinski definition) is 4. The molecule has 0 bridgehead atoms. The van der Waals surface area contributed by atoms with E-state index in [4.69, 9.17) is 4.42 Å². The first-order valence-corrected chi connectivity index (χ1v) is 6.75. The maximum absolute atomic E-state index is 12.2. The third-order valence-electron chi connectivity index (χ3n) is 3.53. The highest BCUT2D eigenvalue weighted by Crippen LogP contribution is 2.41. The minimum Gasteiger partial charge on any atom is -0.395 e. The van der Waals surface area contributed by atoms with E-state index in [-0.39, 0.29) is 11.8 Å². The van der Waals surface area contributed by atoms with E-state index in [1.165, 1.54) is 12.1 Å². The lowest BCUT2D eigenvalue weighted by atomic mass is 10.0. The van der Waals surface area contributed by atoms with Crippen LogP contribution in [0, 0.1) is 16.0 Å². The van der Waals surface area contributed by atoms with Crippen molar-refractivity contribution in [2.75, 3.05) is 0 Å². The van der Waals surface area contributed by atoms with E-state index in [9.17, 15) is 14.9 Å². The fourth-order valence-corrected chi connectivity index (χ4v) is 2.32. The van der Waals surface area contributed by atoms with Crippen LogP contribution in [0.4, 0.5) is 5.88 Å². The zero-order valence-corrected chi connectivity index (χ0v) is 11.2. The Labute approximate surface area is 120 Å². The second kappa shape index (κ2) is 5.40. The molecule has 0 saturated heterocycles. The van der Waals surface area contributed by atoms with Gasteiger partial charge in [-0.15, -0.1) is 0 Å². The molecule has 2 aromatic rings. The summed E-state index contributed by atoms with van der Waals surface area (Å²) in [5, 5.41) is 13.5. The highest BCUT2D eigenvalue weighted by Gasteiger charge is 2.34. The van der Waals surface area contributed by atoms with Gasteiger partial charge < -0.3 is 9.73 Å². The number of nitro groups is 1. The largest absolute Gasteiger partial charge is 0.433 e. The molecule has 1 aliphatic carbocycles. The Hall–Kier alpha value is -2.63. The van der Waals surface area contributed by atoms with E-state index in [0.717, 1.165) is 18.4 Å². The number of rotatable bonds is 5. The Kier molecular flexibility index (Phi) is 3.43. The maximum Gasteiger partial charge on any atom is 0.433 e. The van der Waals surface area contributed by atoms with Crippen LogP contribution >= 0.6 is 0 Å². The normalized spacial score (nSPS) is 15.4. The van der Waals surface area contributed by atoms with Crippen LogP contribution in [0.3, 0.4) is 0 Å². The summed E-state index contributed by atoms with van der Waals surface area (Å²) in [6, 6.07) is 12.1. The molecule has 0 radical (unpaired) electrons. The van der Waals surface area contributed by atoms with Gasteiger partial charge in [0.05, 0.1) is 12.1 Å². The highest BCUT2D eigenvalue weighted by atomic mass is 16.6. The van der Waals surface area contributed by atoms with Crippen molar-refractivity contribution < 1.29 is 14.1 Å². The molecule has 1 N–H and O–H groups in total. The molecular formula is C15H14N2O4. The van der Waals surface area contributed by atoms with Gasteiger partial charge in [-0.1, -0.05) is 30.3 Å². The van der Waals surface area contributed by atoms with Gasteiger partial charge in [0.15, 0.2) is 5.76 Å². The minimum absolute atomic E-state index is 0.0386. The topological polar surface area (TPSA) is 85.4 Å². The average Bonchev–Trinajstić information content (AvgIpc) is 3.20. The number of nitrogens with one attached hydrogen (secondary N) is 1. The second-order valence-corrected chi connectivity index (χ2v) is 5.09. The lowest BCUT2D eigenvalue weighted by Crippen LogP contribution is -2.29. The minimum atomic E-state index is -0.660. The van der Waals surface area contributed by atoms with Gasteiger partial charge in [0, 0.05) is 0 Å². The number of carbonyl (C=O) groups is 1. The van der Waals surface area contributed by atoms with Crippen molar-refractivity contribution in [1.82, 2.24) is 5.32 Å². The van der Waals surface area contributed by atoms with Gasteiger partial charge in [0.2, 0.25) is 0 Å². The van der Waals surface area contributed by atoms with Crippen molar-refractivity contribution in [2.24, 2.45) is 5.92 Å². The van der Waals surface area contributed by atoms with Crippen molar-refractivity contribution in [1.29, 1.82) is 0 Å². The van der Waals surface area contributed by atoms with Crippen LogP contribution < -0.4 is 5.32 Å². The third-order valence-corrected chi connectivity index (χ3v) is 3.53. The fraction of sp³-hybridized carbons (Fsp3) is 0.267. The summed E-state index contributed by atoms with van der Waals surface area (Å²) in [6.45, 7) is 0. The Morgan fingerprint density at radius 2 is 1.95 bits per heavy atom. The van der Waals surface area contributed by atoms with E-state index in [1.807, 2.05) is 30.3 Å². The molecule has 1 heterocycles. The first-order chi connectivity index (χ1) is 10.1. The summed E-state index contributed by atoms with van der Waals surface area (Å²) in [7, 11) is 0. The number of amides is 1. The number of benzene rings is 1. The molecule has 1 amide bonds. The SMILES string of the molecule is O=C(NC(c1ccccc1)C1CC1)c1ccc([N+](=O)[O-])o1. The molecule has 1 saturated carbocycles. The molecule has 1 atom stereocenters. The van der Waals surface area contributed by atoms with Crippen LogP contribution in [0.5, 0.6) is 0 Å². The smallest absolute Gasteiger partial charge is 0.395 e. The second-order valence-electron chi connectivity index (χ2n) is 5.09. The summed E-state index contributed by atoms with van der Waals surface area (Å²) < 4.78 is 4.93. The quantitative estimate of drug-likeness (QED) is 0.676. The summed E-state index contributed by atoms with van der Waals surface area (Å²) in [6.07, 6.45) is 2.14. The van der Waals surface area contributed by atoms with Gasteiger partial charge in [-0.3, -0.25) is 14.9 Å². The number of nitrogens with zero attached hydrogens (tertiary/aromatic N) is 1. The zero-order chi connectivity index (χ0) is 14.8. The van der Waals surface area contributed by atoms with Crippen molar-refractivity contribution in [3.63, 3.8) is 0 Å². The Morgan fingerprint density at radius 3 is 2.52 bits per heavy atom. The van der Waals surface area contributed by atoms with Crippen LogP contribution in [-0.2, 0) is 0 Å². The third kappa shape index (κ3) is 2.94. The Balaban J connectivity index is 1.76. The number of hydrogen-bond donors (Lipinski definition) is 1. The van der Waals surface area contributed by atoms with Crippen molar-refractivity contribution >= 4 is 11.8 Å². The molecule has 1 aromatic carbocycles. The molecule has 6 heteroatoms. The van der Waals surface area contributed by atoms with E-state index in [2.05, 4.69) is 5.32 Å². The van der Waals surface area contributed by atoms with E-state index >= 15 is 0 Å². The summed E-state index contributed by atoms with van der Waals surface area (Å²) in [5.41, 5.74) is 1.04. The molecule has 0 aliphatic heterocycles. The van der Waals surface area contributed by atoms with Crippen molar-refractivity contribution in [3.8, 4) is 0 Å². The fourth-order valence-electron chi connectivity index (χ4n) is 2.32. The lowest BCUT2D eigenvalue weighted by Gasteiger charge is -2.17. The molecular weight excluding hydrogens is 272 g/mol. The van der Waals surface area contributed by atoms with Gasteiger partial charge in [-0.05, 0) is 30.4 Å². The van der Waals surface area contributed by atoms with E-state index in [1.54, 1.807) is 0 Å². The van der Waals surface area contributed by atoms with Crippen molar-refractivity contribution in [2.45, 2.75) is 18.9 Å². The first kappa shape index (κ1) is 13.4. The monoisotopic (exact) mass is 286 g/mol. The zero-order valence-electron chi connectivity index (χ0n) is 11.2. The molecule has 1 fully saturated rings. The number of furan rings is 1. The van der Waals surface area contributed by atoms with E-state index < -0.39 is 16.7 Å². The molecule has 1 aliphatic rings. The summed E-state index contributed by atoms with van der Waals surface area (Å²) in [4.78, 5) is 22.1. The molecule has 1 aromatic heterocycles. The van der Waals surface area contributed by atoms with Gasteiger partial charge in [-0.25, -0.2) is 0 Å². The van der Waals surface area contributed by atoms with Crippen LogP contribution in [0.1, 0.15) is 35.0 Å². The molecule has 21 heavy (non-hydrogen) atoms. The average molecular weight is 286 g/mol. The summed E-state index contributed by atoms with van der Waals surface area (Å²) in [5.74, 6) is -0.476. The predicted molar refractivity (Wildman–Crippen MR) is 74.7 cm³/mol. The molecule has 3 rings (SSSR count). The van der Waals surface area contributed by atoms with Gasteiger partial charge in [0.25, 0.3) is 5.91 Å². The molecule has 0 spiro atoms. The molecule has 1 unspecified atom stereocenters. The van der Waals surface area contributed by atoms with Crippen LogP contribution in [0.15, 0.2) is 46.9 Å². The molecule has 6 nitrogen and oxygen atoms in total. The first-order valence-electron chi connectivity index (χ1n) is 6.75. The van der Waals surface area contributed by atoms with Crippen LogP contribution in [-0.4, -0.2) is 10.8 Å². The van der Waals surface area contributed by atoms with E-state index in [0.29, 0.717) is 5.92 Å². The predicted octanol–water partition coefficient (Wildman–Crippen LogP) is 3.07. The van der Waals surface area contributed by atoms with Gasteiger partial charge in [0.1, 0.15) is 4.92 Å². The lowest BCUT2D eigenvalue weighted by molar-refractivity contribution is -0.402. The van der Waals surface area contributed by atoms with Crippen LogP contribution in [0.25, 0.3) is 0 Å².